The molecule has 1 heterocycles. The Bertz CT molecular complexity index is 355. The summed E-state index contributed by atoms with van der Waals surface area (Å²) in [6, 6.07) is 2.90. The molecule has 0 radical (unpaired) electrons. The van der Waals surface area contributed by atoms with Gasteiger partial charge in [0.2, 0.25) is 0 Å². The van der Waals surface area contributed by atoms with Gasteiger partial charge < -0.3 is 9.73 Å². The predicted molar refractivity (Wildman–Crippen MR) is 74.4 cm³/mol. The number of rotatable bonds is 7. The summed E-state index contributed by atoms with van der Waals surface area (Å²) in [4.78, 5) is 2.46. The molecule has 1 aliphatic carbocycles. The van der Waals surface area contributed by atoms with E-state index < -0.39 is 0 Å². The molecular formula is C15H26N2O. The summed E-state index contributed by atoms with van der Waals surface area (Å²) in [6.07, 6.45) is 5.92. The van der Waals surface area contributed by atoms with Gasteiger partial charge in [-0.1, -0.05) is 20.3 Å². The number of furan rings is 1. The van der Waals surface area contributed by atoms with Crippen molar-refractivity contribution in [3.8, 4) is 0 Å². The second kappa shape index (κ2) is 6.39. The highest BCUT2D eigenvalue weighted by molar-refractivity contribution is 5.17. The van der Waals surface area contributed by atoms with Gasteiger partial charge in [-0.15, -0.1) is 0 Å². The van der Waals surface area contributed by atoms with Crippen LogP contribution in [-0.4, -0.2) is 24.5 Å². The first-order valence-electron chi connectivity index (χ1n) is 7.13. The fourth-order valence-electron chi connectivity index (χ4n) is 2.36. The number of hydrogen-bond donors (Lipinski definition) is 1. The van der Waals surface area contributed by atoms with Gasteiger partial charge in [0.25, 0.3) is 0 Å². The van der Waals surface area contributed by atoms with Crippen molar-refractivity contribution in [2.45, 2.75) is 52.2 Å². The summed E-state index contributed by atoms with van der Waals surface area (Å²) < 4.78 is 5.59. The van der Waals surface area contributed by atoms with Crippen LogP contribution in [0, 0.1) is 5.92 Å². The summed E-state index contributed by atoms with van der Waals surface area (Å²) in [6.45, 7) is 7.35. The molecule has 3 nitrogen and oxygen atoms in total. The Hall–Kier alpha value is -0.800. The van der Waals surface area contributed by atoms with Crippen LogP contribution in [0.4, 0.5) is 0 Å². The Morgan fingerprint density at radius 1 is 1.44 bits per heavy atom. The Kier molecular flexibility index (Phi) is 4.84. The zero-order valence-corrected chi connectivity index (χ0v) is 11.9. The van der Waals surface area contributed by atoms with E-state index in [1.54, 1.807) is 0 Å². The molecular weight excluding hydrogens is 224 g/mol. The van der Waals surface area contributed by atoms with Crippen molar-refractivity contribution in [3.63, 3.8) is 0 Å². The highest BCUT2D eigenvalue weighted by Crippen LogP contribution is 2.25. The summed E-state index contributed by atoms with van der Waals surface area (Å²) in [5.74, 6) is 1.78. The summed E-state index contributed by atoms with van der Waals surface area (Å²) in [5.41, 5.74) is 1.33. The zero-order valence-electron chi connectivity index (χ0n) is 11.9. The fourth-order valence-corrected chi connectivity index (χ4v) is 2.36. The largest absolute Gasteiger partial charge is 0.468 e. The Balaban J connectivity index is 1.82. The van der Waals surface area contributed by atoms with E-state index in [0.717, 1.165) is 31.4 Å². The number of hydrogen-bond acceptors (Lipinski definition) is 3. The third-order valence-corrected chi connectivity index (χ3v) is 3.79. The van der Waals surface area contributed by atoms with Gasteiger partial charge in [-0.3, -0.25) is 4.90 Å². The van der Waals surface area contributed by atoms with Gasteiger partial charge in [0.1, 0.15) is 5.76 Å². The fraction of sp³-hybridized carbons (Fsp3) is 0.733. The smallest absolute Gasteiger partial charge is 0.122 e. The van der Waals surface area contributed by atoms with Gasteiger partial charge in [0.15, 0.2) is 0 Å². The number of nitrogens with zero attached hydrogens (tertiary/aromatic N) is 1. The van der Waals surface area contributed by atoms with Crippen molar-refractivity contribution in [1.82, 2.24) is 10.2 Å². The van der Waals surface area contributed by atoms with E-state index in [4.69, 9.17) is 4.42 Å². The third-order valence-electron chi connectivity index (χ3n) is 3.79. The molecule has 1 fully saturated rings. The average molecular weight is 250 g/mol. The Labute approximate surface area is 111 Å². The first-order valence-corrected chi connectivity index (χ1v) is 7.13. The second-order valence-corrected chi connectivity index (χ2v) is 5.89. The highest BCUT2D eigenvalue weighted by Gasteiger charge is 2.22. The van der Waals surface area contributed by atoms with Gasteiger partial charge in [-0.2, -0.15) is 0 Å². The summed E-state index contributed by atoms with van der Waals surface area (Å²) >= 11 is 0. The number of nitrogens with one attached hydrogen (secondary N) is 1. The molecule has 1 saturated carbocycles. The van der Waals surface area contributed by atoms with E-state index in [-0.39, 0.29) is 0 Å². The normalized spacial score (nSPS) is 16.5. The van der Waals surface area contributed by atoms with E-state index in [0.29, 0.717) is 5.92 Å². The minimum Gasteiger partial charge on any atom is -0.468 e. The van der Waals surface area contributed by atoms with Crippen LogP contribution in [0.5, 0.6) is 0 Å². The third kappa shape index (κ3) is 3.59. The van der Waals surface area contributed by atoms with Gasteiger partial charge in [0.05, 0.1) is 12.8 Å². The highest BCUT2D eigenvalue weighted by atomic mass is 16.3. The second-order valence-electron chi connectivity index (χ2n) is 5.89. The topological polar surface area (TPSA) is 28.4 Å². The molecule has 18 heavy (non-hydrogen) atoms. The van der Waals surface area contributed by atoms with Crippen LogP contribution in [0.25, 0.3) is 0 Å². The van der Waals surface area contributed by atoms with Gasteiger partial charge in [0, 0.05) is 18.2 Å². The molecule has 3 heteroatoms. The van der Waals surface area contributed by atoms with E-state index in [1.165, 1.54) is 24.8 Å². The van der Waals surface area contributed by atoms with Gasteiger partial charge in [-0.25, -0.2) is 0 Å². The van der Waals surface area contributed by atoms with Crippen molar-refractivity contribution in [2.24, 2.45) is 5.92 Å². The lowest BCUT2D eigenvalue weighted by atomic mass is 9.91. The molecule has 0 aliphatic heterocycles. The first kappa shape index (κ1) is 13.6. The van der Waals surface area contributed by atoms with Gasteiger partial charge in [-0.05, 0) is 38.4 Å². The van der Waals surface area contributed by atoms with Crippen LogP contribution >= 0.6 is 0 Å². The molecule has 0 atom stereocenters. The van der Waals surface area contributed by atoms with Crippen molar-refractivity contribution in [2.75, 3.05) is 13.6 Å². The van der Waals surface area contributed by atoms with Crippen LogP contribution in [0.1, 0.15) is 44.4 Å². The summed E-state index contributed by atoms with van der Waals surface area (Å²) in [7, 11) is 2.22. The molecule has 1 aromatic rings. The Morgan fingerprint density at radius 3 is 2.83 bits per heavy atom. The quantitative estimate of drug-likeness (QED) is 0.806. The molecule has 0 saturated heterocycles. The Morgan fingerprint density at radius 2 is 2.22 bits per heavy atom. The molecule has 102 valence electrons. The minimum atomic E-state index is 0.682. The van der Waals surface area contributed by atoms with Crippen molar-refractivity contribution < 1.29 is 4.42 Å². The van der Waals surface area contributed by atoms with E-state index in [1.807, 2.05) is 6.26 Å². The predicted octanol–water partition coefficient (Wildman–Crippen LogP) is 3.01. The summed E-state index contributed by atoms with van der Waals surface area (Å²) in [5, 5.41) is 3.45. The van der Waals surface area contributed by atoms with Crippen LogP contribution in [0.15, 0.2) is 16.7 Å². The van der Waals surface area contributed by atoms with Crippen molar-refractivity contribution in [1.29, 1.82) is 0 Å². The minimum absolute atomic E-state index is 0.682. The van der Waals surface area contributed by atoms with E-state index in [9.17, 15) is 0 Å². The van der Waals surface area contributed by atoms with Crippen molar-refractivity contribution >= 4 is 0 Å². The lowest BCUT2D eigenvalue weighted by Crippen LogP contribution is -2.36. The van der Waals surface area contributed by atoms with E-state index in [2.05, 4.69) is 37.2 Å². The SMILES string of the molecule is CC(C)CNCc1occc1CN(C)C1CCC1. The molecule has 0 bridgehead atoms. The van der Waals surface area contributed by atoms with Crippen molar-refractivity contribution in [3.05, 3.63) is 23.7 Å². The first-order chi connectivity index (χ1) is 8.66. The maximum Gasteiger partial charge on any atom is 0.122 e. The lowest BCUT2D eigenvalue weighted by molar-refractivity contribution is 0.152. The molecule has 0 amide bonds. The van der Waals surface area contributed by atoms with E-state index >= 15 is 0 Å². The molecule has 1 aliphatic rings. The maximum absolute atomic E-state index is 5.59. The molecule has 1 aromatic heterocycles. The van der Waals surface area contributed by atoms with Crippen LogP contribution in [0.3, 0.4) is 0 Å². The van der Waals surface area contributed by atoms with Crippen LogP contribution in [-0.2, 0) is 13.1 Å². The standard InChI is InChI=1S/C15H26N2O/c1-12(2)9-16-10-15-13(7-8-18-15)11-17(3)14-5-4-6-14/h7-8,12,14,16H,4-6,9-11H2,1-3H3. The molecule has 2 rings (SSSR count). The van der Waals surface area contributed by atoms with Gasteiger partial charge >= 0.3 is 0 Å². The molecule has 0 unspecified atom stereocenters. The molecule has 1 N–H and O–H groups in total. The molecule has 0 spiro atoms. The average Bonchev–Trinajstić information content (AvgIpc) is 2.62. The lowest BCUT2D eigenvalue weighted by Gasteiger charge is -2.34. The van der Waals surface area contributed by atoms with Crippen LogP contribution < -0.4 is 5.32 Å². The zero-order chi connectivity index (χ0) is 13.0. The monoisotopic (exact) mass is 250 g/mol. The van der Waals surface area contributed by atoms with Crippen LogP contribution in [0.2, 0.25) is 0 Å². The molecule has 0 aromatic carbocycles. The maximum atomic E-state index is 5.59.